The van der Waals surface area contributed by atoms with Crippen LogP contribution in [0, 0.1) is 5.92 Å². The van der Waals surface area contributed by atoms with Gasteiger partial charge in [0.15, 0.2) is 5.16 Å². The van der Waals surface area contributed by atoms with Crippen molar-refractivity contribution in [3.05, 3.63) is 20.8 Å². The first-order valence-corrected chi connectivity index (χ1v) is 9.60. The molecule has 0 N–H and O–H groups in total. The van der Waals surface area contributed by atoms with Crippen molar-refractivity contribution in [2.75, 3.05) is 12.9 Å². The number of thioether (sulfide) groups is 1. The zero-order chi connectivity index (χ0) is 16.6. The van der Waals surface area contributed by atoms with Crippen molar-refractivity contribution < 1.29 is 9.53 Å². The summed E-state index contributed by atoms with van der Waals surface area (Å²) in [5.74, 6) is 0.514. The Bertz CT molecular complexity index is 810. The third-order valence-corrected chi connectivity index (χ3v) is 6.34. The van der Waals surface area contributed by atoms with Gasteiger partial charge in [-0.25, -0.2) is 4.98 Å². The first kappa shape index (κ1) is 16.5. The molecule has 1 aliphatic rings. The average molecular weight is 352 g/mol. The van der Waals surface area contributed by atoms with Crippen LogP contribution in [0.5, 0.6) is 0 Å². The highest BCUT2D eigenvalue weighted by atomic mass is 32.2. The smallest absolute Gasteiger partial charge is 0.316 e. The van der Waals surface area contributed by atoms with Crippen LogP contribution in [0.25, 0.3) is 10.2 Å². The summed E-state index contributed by atoms with van der Waals surface area (Å²) in [5, 5.41) is 1.39. The summed E-state index contributed by atoms with van der Waals surface area (Å²) in [6.07, 6.45) is 3.13. The van der Waals surface area contributed by atoms with Crippen molar-refractivity contribution in [2.45, 2.75) is 44.8 Å². The second-order valence-corrected chi connectivity index (χ2v) is 7.87. The number of aryl methyl sites for hydroxylation is 1. The summed E-state index contributed by atoms with van der Waals surface area (Å²) >= 11 is 2.90. The summed E-state index contributed by atoms with van der Waals surface area (Å²) in [5.41, 5.74) is 1.23. The summed E-state index contributed by atoms with van der Waals surface area (Å²) in [7, 11) is 1.36. The van der Waals surface area contributed by atoms with Gasteiger partial charge >= 0.3 is 5.97 Å². The summed E-state index contributed by atoms with van der Waals surface area (Å²) in [4.78, 5) is 31.1. The van der Waals surface area contributed by atoms with Crippen LogP contribution in [0.4, 0.5) is 0 Å². The molecule has 0 fully saturated rings. The zero-order valence-corrected chi connectivity index (χ0v) is 15.2. The number of thiophene rings is 1. The van der Waals surface area contributed by atoms with E-state index in [1.165, 1.54) is 29.3 Å². The van der Waals surface area contributed by atoms with Crippen LogP contribution in [0.3, 0.4) is 0 Å². The summed E-state index contributed by atoms with van der Waals surface area (Å²) in [6, 6.07) is 0. The van der Waals surface area contributed by atoms with Gasteiger partial charge in [-0.1, -0.05) is 18.7 Å². The lowest BCUT2D eigenvalue weighted by atomic mass is 9.89. The number of fused-ring (bicyclic) bond motifs is 3. The number of hydrogen-bond acceptors (Lipinski definition) is 6. The Hall–Kier alpha value is -1.34. The third-order valence-electron chi connectivity index (χ3n) is 4.24. The molecule has 0 aliphatic heterocycles. The zero-order valence-electron chi connectivity index (χ0n) is 13.5. The number of carbonyl (C=O) groups excluding carboxylic acids is 1. The molecule has 3 rings (SSSR count). The van der Waals surface area contributed by atoms with Gasteiger partial charge in [0.1, 0.15) is 4.83 Å². The topological polar surface area (TPSA) is 61.2 Å². The fourth-order valence-electron chi connectivity index (χ4n) is 2.98. The number of methoxy groups -OCH3 is 1. The molecule has 0 saturated carbocycles. The van der Waals surface area contributed by atoms with Gasteiger partial charge in [-0.05, 0) is 37.7 Å². The molecule has 7 heteroatoms. The number of carbonyl (C=O) groups is 1. The Kier molecular flexibility index (Phi) is 4.77. The highest BCUT2D eigenvalue weighted by Crippen LogP contribution is 2.36. The Morgan fingerprint density at radius 2 is 2.30 bits per heavy atom. The van der Waals surface area contributed by atoms with Gasteiger partial charge in [-0.15, -0.1) is 11.3 Å². The predicted octanol–water partition coefficient (Wildman–Crippen LogP) is 2.87. The van der Waals surface area contributed by atoms with Gasteiger partial charge in [0.05, 0.1) is 18.2 Å². The standard InChI is InChI=1S/C16H20N2O3S2/c1-4-18-15(20)13-10-6-5-9(2)7-11(10)23-14(13)17-16(18)22-8-12(19)21-3/h9H,4-8H2,1-3H3. The molecule has 0 amide bonds. The molecule has 5 nitrogen and oxygen atoms in total. The minimum Gasteiger partial charge on any atom is -0.468 e. The largest absolute Gasteiger partial charge is 0.468 e. The van der Waals surface area contributed by atoms with Crippen molar-refractivity contribution in [1.29, 1.82) is 0 Å². The van der Waals surface area contributed by atoms with E-state index >= 15 is 0 Å². The lowest BCUT2D eigenvalue weighted by Crippen LogP contribution is -2.23. The first-order chi connectivity index (χ1) is 11.0. The Balaban J connectivity index is 2.09. The van der Waals surface area contributed by atoms with E-state index in [4.69, 9.17) is 0 Å². The van der Waals surface area contributed by atoms with Crippen LogP contribution in [-0.4, -0.2) is 28.4 Å². The molecule has 0 aromatic carbocycles. The summed E-state index contributed by atoms with van der Waals surface area (Å²) < 4.78 is 6.34. The number of aromatic nitrogens is 2. The molecule has 2 heterocycles. The van der Waals surface area contributed by atoms with E-state index in [0.717, 1.165) is 29.5 Å². The van der Waals surface area contributed by atoms with Crippen molar-refractivity contribution in [1.82, 2.24) is 9.55 Å². The average Bonchev–Trinajstić information content (AvgIpc) is 2.89. The number of nitrogens with zero attached hydrogens (tertiary/aromatic N) is 2. The van der Waals surface area contributed by atoms with Gasteiger partial charge in [0.2, 0.25) is 0 Å². The lowest BCUT2D eigenvalue weighted by Gasteiger charge is -2.17. The molecule has 2 aromatic rings. The van der Waals surface area contributed by atoms with Crippen molar-refractivity contribution in [3.63, 3.8) is 0 Å². The second kappa shape index (κ2) is 6.65. The number of rotatable bonds is 4. The van der Waals surface area contributed by atoms with E-state index in [0.29, 0.717) is 17.6 Å². The molecule has 1 atom stereocenters. The number of ether oxygens (including phenoxy) is 1. The van der Waals surface area contributed by atoms with Crippen LogP contribution in [0.2, 0.25) is 0 Å². The Labute approximate surface area is 143 Å². The van der Waals surface area contributed by atoms with E-state index in [-0.39, 0.29) is 17.3 Å². The van der Waals surface area contributed by atoms with E-state index in [9.17, 15) is 9.59 Å². The molecule has 23 heavy (non-hydrogen) atoms. The van der Waals surface area contributed by atoms with Gasteiger partial charge in [-0.2, -0.15) is 0 Å². The maximum Gasteiger partial charge on any atom is 0.316 e. The quantitative estimate of drug-likeness (QED) is 0.481. The molecule has 124 valence electrons. The molecule has 2 aromatic heterocycles. The van der Waals surface area contributed by atoms with E-state index in [2.05, 4.69) is 16.6 Å². The molecule has 1 aliphatic carbocycles. The van der Waals surface area contributed by atoms with Crippen molar-refractivity contribution >= 4 is 39.3 Å². The molecule has 0 bridgehead atoms. The number of esters is 1. The van der Waals surface area contributed by atoms with Gasteiger partial charge in [0.25, 0.3) is 5.56 Å². The molecule has 1 unspecified atom stereocenters. The van der Waals surface area contributed by atoms with Crippen LogP contribution in [-0.2, 0) is 28.9 Å². The second-order valence-electron chi connectivity index (χ2n) is 5.84. The van der Waals surface area contributed by atoms with Gasteiger partial charge in [-0.3, -0.25) is 14.2 Å². The highest BCUT2D eigenvalue weighted by Gasteiger charge is 2.24. The van der Waals surface area contributed by atoms with Crippen LogP contribution < -0.4 is 5.56 Å². The molecular formula is C16H20N2O3S2. The fraction of sp³-hybridized carbons (Fsp3) is 0.562. The van der Waals surface area contributed by atoms with Crippen molar-refractivity contribution in [2.24, 2.45) is 5.92 Å². The monoisotopic (exact) mass is 352 g/mol. The predicted molar refractivity (Wildman–Crippen MR) is 93.5 cm³/mol. The maximum absolute atomic E-state index is 12.9. The molecule has 0 spiro atoms. The van der Waals surface area contributed by atoms with E-state index in [1.54, 1.807) is 15.9 Å². The molecule has 0 radical (unpaired) electrons. The normalized spacial score (nSPS) is 17.3. The van der Waals surface area contributed by atoms with Crippen molar-refractivity contribution in [3.8, 4) is 0 Å². The van der Waals surface area contributed by atoms with Crippen LogP contribution in [0.1, 0.15) is 30.7 Å². The first-order valence-electron chi connectivity index (χ1n) is 7.79. The van der Waals surface area contributed by atoms with Gasteiger partial charge in [0, 0.05) is 11.4 Å². The molecule has 0 saturated heterocycles. The van der Waals surface area contributed by atoms with E-state index < -0.39 is 0 Å². The Morgan fingerprint density at radius 1 is 1.52 bits per heavy atom. The van der Waals surface area contributed by atoms with Crippen LogP contribution >= 0.6 is 23.1 Å². The fourth-order valence-corrected chi connectivity index (χ4v) is 5.30. The maximum atomic E-state index is 12.9. The molecular weight excluding hydrogens is 332 g/mol. The van der Waals surface area contributed by atoms with E-state index in [1.807, 2.05) is 6.92 Å². The van der Waals surface area contributed by atoms with Crippen LogP contribution in [0.15, 0.2) is 9.95 Å². The minimum atomic E-state index is -0.314. The highest BCUT2D eigenvalue weighted by molar-refractivity contribution is 7.99. The Morgan fingerprint density at radius 3 is 3.00 bits per heavy atom. The summed E-state index contributed by atoms with van der Waals surface area (Å²) in [6.45, 7) is 4.73. The SMILES string of the molecule is CCn1c(SCC(=O)OC)nc2sc3c(c2c1=O)CCC(C)C3. The van der Waals surface area contributed by atoms with Gasteiger partial charge < -0.3 is 4.74 Å². The number of hydrogen-bond donors (Lipinski definition) is 0. The lowest BCUT2D eigenvalue weighted by molar-refractivity contribution is -0.137. The minimum absolute atomic E-state index is 0.0249. The third kappa shape index (κ3) is 3.04.